The molecule has 1 aromatic heterocycles. The van der Waals surface area contributed by atoms with Gasteiger partial charge in [0.25, 0.3) is 0 Å². The first kappa shape index (κ1) is 19.6. The van der Waals surface area contributed by atoms with E-state index in [4.69, 9.17) is 10.5 Å². The molecular weight excluding hydrogens is 365 g/mol. The van der Waals surface area contributed by atoms with Crippen molar-refractivity contribution in [2.75, 3.05) is 19.0 Å². The number of hydrogen-bond acceptors (Lipinski definition) is 5. The summed E-state index contributed by atoms with van der Waals surface area (Å²) in [4.78, 5) is 16.8. The number of ether oxygens (including phenoxy) is 1. The van der Waals surface area contributed by atoms with Crippen molar-refractivity contribution < 1.29 is 13.9 Å². The zero-order chi connectivity index (χ0) is 17.1. The number of amides is 1. The molecule has 2 atom stereocenters. The van der Waals surface area contributed by atoms with E-state index in [1.807, 2.05) is 0 Å². The first-order chi connectivity index (χ1) is 11.6. The van der Waals surface area contributed by atoms with Crippen LogP contribution in [-0.4, -0.2) is 24.5 Å². The number of hydrogen-bond donors (Lipinski definition) is 2. The Labute approximate surface area is 156 Å². The van der Waals surface area contributed by atoms with Crippen LogP contribution in [0, 0.1) is 17.7 Å². The van der Waals surface area contributed by atoms with E-state index in [0.717, 1.165) is 19.3 Å². The fraction of sp³-hybridized carbons (Fsp3) is 0.412. The van der Waals surface area contributed by atoms with Crippen molar-refractivity contribution in [2.45, 2.75) is 19.3 Å². The van der Waals surface area contributed by atoms with Gasteiger partial charge >= 0.3 is 0 Å². The fourth-order valence-electron chi connectivity index (χ4n) is 3.20. The predicted molar refractivity (Wildman–Crippen MR) is 99.8 cm³/mol. The molecule has 1 saturated carbocycles. The number of thiazole rings is 1. The minimum Gasteiger partial charge on any atom is -0.496 e. The molecule has 2 aromatic rings. The number of halogens is 2. The number of carbonyl (C=O) groups is 1. The molecule has 8 heteroatoms. The molecule has 1 aromatic carbocycles. The van der Waals surface area contributed by atoms with Gasteiger partial charge in [-0.3, -0.25) is 4.79 Å². The van der Waals surface area contributed by atoms with Crippen molar-refractivity contribution in [3.8, 4) is 17.0 Å². The minimum atomic E-state index is -0.360. The molecule has 0 saturated heterocycles. The number of anilines is 1. The monoisotopic (exact) mass is 385 g/mol. The summed E-state index contributed by atoms with van der Waals surface area (Å²) in [6.45, 7) is 0.529. The topological polar surface area (TPSA) is 77.2 Å². The number of methoxy groups -OCH3 is 1. The van der Waals surface area contributed by atoms with Crippen LogP contribution in [0.3, 0.4) is 0 Å². The molecule has 25 heavy (non-hydrogen) atoms. The summed E-state index contributed by atoms with van der Waals surface area (Å²) >= 11 is 1.31. The van der Waals surface area contributed by atoms with E-state index in [2.05, 4.69) is 10.3 Å². The zero-order valence-electron chi connectivity index (χ0n) is 13.8. The lowest BCUT2D eigenvalue weighted by molar-refractivity contribution is -0.120. The van der Waals surface area contributed by atoms with Gasteiger partial charge in [0, 0.05) is 16.9 Å². The third-order valence-corrected chi connectivity index (χ3v) is 5.23. The molecule has 0 radical (unpaired) electrons. The van der Waals surface area contributed by atoms with Gasteiger partial charge in [0.1, 0.15) is 11.6 Å². The molecule has 1 heterocycles. The highest BCUT2D eigenvalue weighted by Crippen LogP contribution is 2.35. The SMILES string of the molecule is COc1ccc(F)cc1-c1csc(NC(=O)[C@@H]2CCC[C@@H]2CN)n1.Cl. The smallest absolute Gasteiger partial charge is 0.229 e. The van der Waals surface area contributed by atoms with Crippen molar-refractivity contribution in [1.29, 1.82) is 0 Å². The van der Waals surface area contributed by atoms with Gasteiger partial charge in [0.15, 0.2) is 5.13 Å². The third kappa shape index (κ3) is 4.29. The van der Waals surface area contributed by atoms with Crippen LogP contribution in [-0.2, 0) is 4.79 Å². The fourth-order valence-corrected chi connectivity index (χ4v) is 3.91. The molecule has 136 valence electrons. The predicted octanol–water partition coefficient (Wildman–Crippen LogP) is 3.69. The second-order valence-corrected chi connectivity index (χ2v) is 6.76. The van der Waals surface area contributed by atoms with E-state index >= 15 is 0 Å². The van der Waals surface area contributed by atoms with E-state index in [9.17, 15) is 9.18 Å². The average molecular weight is 386 g/mol. The van der Waals surface area contributed by atoms with Crippen LogP contribution in [0.1, 0.15) is 19.3 Å². The van der Waals surface area contributed by atoms with Crippen LogP contribution in [0.4, 0.5) is 9.52 Å². The van der Waals surface area contributed by atoms with Gasteiger partial charge in [-0.25, -0.2) is 9.37 Å². The summed E-state index contributed by atoms with van der Waals surface area (Å²) in [7, 11) is 1.53. The van der Waals surface area contributed by atoms with E-state index in [-0.39, 0.29) is 36.0 Å². The Morgan fingerprint density at radius 1 is 1.48 bits per heavy atom. The maximum atomic E-state index is 13.5. The highest BCUT2D eigenvalue weighted by Gasteiger charge is 2.32. The molecule has 0 spiro atoms. The summed E-state index contributed by atoms with van der Waals surface area (Å²) in [5.41, 5.74) is 6.88. The lowest BCUT2D eigenvalue weighted by Crippen LogP contribution is -2.29. The van der Waals surface area contributed by atoms with Gasteiger partial charge in [-0.05, 0) is 43.5 Å². The number of nitrogens with two attached hydrogens (primary N) is 1. The van der Waals surface area contributed by atoms with Crippen LogP contribution in [0.15, 0.2) is 23.6 Å². The van der Waals surface area contributed by atoms with Crippen LogP contribution in [0.5, 0.6) is 5.75 Å². The number of rotatable bonds is 5. The van der Waals surface area contributed by atoms with Crippen LogP contribution >= 0.6 is 23.7 Å². The Kier molecular flexibility index (Phi) is 6.75. The Hall–Kier alpha value is -1.70. The zero-order valence-corrected chi connectivity index (χ0v) is 15.5. The lowest BCUT2D eigenvalue weighted by atomic mass is 9.95. The number of nitrogens with one attached hydrogen (secondary N) is 1. The van der Waals surface area contributed by atoms with Crippen molar-refractivity contribution in [3.63, 3.8) is 0 Å². The third-order valence-electron chi connectivity index (χ3n) is 4.47. The highest BCUT2D eigenvalue weighted by molar-refractivity contribution is 7.14. The van der Waals surface area contributed by atoms with Gasteiger partial charge in [0.05, 0.1) is 12.8 Å². The Morgan fingerprint density at radius 3 is 3.00 bits per heavy atom. The second-order valence-electron chi connectivity index (χ2n) is 5.90. The number of carbonyl (C=O) groups excluding carboxylic acids is 1. The van der Waals surface area contributed by atoms with E-state index < -0.39 is 0 Å². The Morgan fingerprint density at radius 2 is 2.28 bits per heavy atom. The summed E-state index contributed by atoms with van der Waals surface area (Å²) < 4.78 is 18.8. The van der Waals surface area contributed by atoms with Crippen molar-refractivity contribution in [2.24, 2.45) is 17.6 Å². The Bertz CT molecular complexity index is 740. The molecule has 1 aliphatic rings. The summed E-state index contributed by atoms with van der Waals surface area (Å²) in [5.74, 6) is 0.341. The lowest BCUT2D eigenvalue weighted by Gasteiger charge is -2.16. The van der Waals surface area contributed by atoms with E-state index in [1.54, 1.807) is 11.4 Å². The molecule has 5 nitrogen and oxygen atoms in total. The first-order valence-corrected chi connectivity index (χ1v) is 8.80. The highest BCUT2D eigenvalue weighted by atomic mass is 35.5. The van der Waals surface area contributed by atoms with Gasteiger partial charge in [-0.2, -0.15) is 0 Å². The molecule has 0 unspecified atom stereocenters. The molecule has 1 fully saturated rings. The largest absolute Gasteiger partial charge is 0.496 e. The molecule has 3 rings (SSSR count). The molecule has 0 aliphatic heterocycles. The minimum absolute atomic E-state index is 0. The normalized spacial score (nSPS) is 19.3. The summed E-state index contributed by atoms with van der Waals surface area (Å²) in [6.07, 6.45) is 2.89. The number of benzene rings is 1. The second kappa shape index (κ2) is 8.60. The van der Waals surface area contributed by atoms with Gasteiger partial charge < -0.3 is 15.8 Å². The summed E-state index contributed by atoms with van der Waals surface area (Å²) in [6, 6.07) is 4.28. The summed E-state index contributed by atoms with van der Waals surface area (Å²) in [5, 5.41) is 5.15. The van der Waals surface area contributed by atoms with Crippen molar-refractivity contribution in [1.82, 2.24) is 4.98 Å². The molecule has 1 aliphatic carbocycles. The average Bonchev–Trinajstić information content (AvgIpc) is 3.23. The molecular formula is C17H21ClFN3O2S. The maximum Gasteiger partial charge on any atom is 0.229 e. The molecule has 0 bridgehead atoms. The Balaban J connectivity index is 0.00000225. The van der Waals surface area contributed by atoms with Crippen LogP contribution in [0.25, 0.3) is 11.3 Å². The van der Waals surface area contributed by atoms with Gasteiger partial charge in [0.2, 0.25) is 5.91 Å². The van der Waals surface area contributed by atoms with E-state index in [0.29, 0.717) is 28.7 Å². The quantitative estimate of drug-likeness (QED) is 0.822. The molecule has 3 N–H and O–H groups in total. The molecule has 1 amide bonds. The van der Waals surface area contributed by atoms with E-state index in [1.165, 1.54) is 30.6 Å². The van der Waals surface area contributed by atoms with Crippen molar-refractivity contribution in [3.05, 3.63) is 29.4 Å². The first-order valence-electron chi connectivity index (χ1n) is 7.92. The van der Waals surface area contributed by atoms with Gasteiger partial charge in [-0.1, -0.05) is 6.42 Å². The van der Waals surface area contributed by atoms with Crippen LogP contribution in [0.2, 0.25) is 0 Å². The van der Waals surface area contributed by atoms with Crippen molar-refractivity contribution >= 4 is 34.8 Å². The number of nitrogens with zero attached hydrogens (tertiary/aromatic N) is 1. The maximum absolute atomic E-state index is 13.5. The number of aromatic nitrogens is 1. The van der Waals surface area contributed by atoms with Crippen LogP contribution < -0.4 is 15.8 Å². The standard InChI is InChI=1S/C17H20FN3O2S.ClH/c1-23-15-6-5-11(18)7-13(15)14-9-24-17(20-14)21-16(22)12-4-2-3-10(12)8-19;/h5-7,9-10,12H,2-4,8,19H2,1H3,(H,20,21,22);1H/t10-,12-;/m1./s1. The van der Waals surface area contributed by atoms with Gasteiger partial charge in [-0.15, -0.1) is 23.7 Å².